The molecule has 1 aromatic carbocycles. The number of nitrogens with one attached hydrogen (secondary N) is 1. The summed E-state index contributed by atoms with van der Waals surface area (Å²) in [7, 11) is 1.31. The summed E-state index contributed by atoms with van der Waals surface area (Å²) in [6.07, 6.45) is 1.67. The van der Waals surface area contributed by atoms with Crippen LogP contribution in [0.4, 0.5) is 4.79 Å². The van der Waals surface area contributed by atoms with Crippen LogP contribution in [0.1, 0.15) is 45.6 Å². The summed E-state index contributed by atoms with van der Waals surface area (Å²) in [4.78, 5) is 38.9. The predicted octanol–water partition coefficient (Wildman–Crippen LogP) is 2.68. The lowest BCUT2D eigenvalue weighted by Gasteiger charge is -2.29. The number of rotatable bonds is 6. The van der Waals surface area contributed by atoms with Crippen LogP contribution in [0.5, 0.6) is 0 Å². The van der Waals surface area contributed by atoms with Crippen molar-refractivity contribution in [1.82, 2.24) is 10.2 Å². The molecule has 2 rings (SSSR count). The Balaban J connectivity index is 2.12. The molecule has 0 saturated carbocycles. The third kappa shape index (κ3) is 6.25. The van der Waals surface area contributed by atoms with E-state index in [2.05, 4.69) is 5.32 Å². The fourth-order valence-corrected chi connectivity index (χ4v) is 3.27. The average molecular weight is 390 g/mol. The van der Waals surface area contributed by atoms with Crippen LogP contribution in [0.25, 0.3) is 0 Å². The second-order valence-electron chi connectivity index (χ2n) is 7.94. The van der Waals surface area contributed by atoms with Gasteiger partial charge in [0.2, 0.25) is 5.91 Å². The molecule has 0 aromatic heterocycles. The summed E-state index contributed by atoms with van der Waals surface area (Å²) in [6.45, 7) is 5.76. The van der Waals surface area contributed by atoms with Crippen LogP contribution >= 0.6 is 0 Å². The SMILES string of the molecule is COC(=O)[C@@H]1CCCN1C(=O)C(CCc1ccccc1)NC(=O)OC(C)(C)C. The van der Waals surface area contributed by atoms with Crippen molar-refractivity contribution in [3.63, 3.8) is 0 Å². The predicted molar refractivity (Wildman–Crippen MR) is 105 cm³/mol. The van der Waals surface area contributed by atoms with Gasteiger partial charge in [-0.3, -0.25) is 4.79 Å². The first kappa shape index (κ1) is 21.7. The summed E-state index contributed by atoms with van der Waals surface area (Å²) >= 11 is 0. The summed E-state index contributed by atoms with van der Waals surface area (Å²) in [5.74, 6) is -0.709. The molecule has 1 aliphatic heterocycles. The van der Waals surface area contributed by atoms with Gasteiger partial charge in [-0.25, -0.2) is 9.59 Å². The maximum atomic E-state index is 13.1. The molecule has 1 aromatic rings. The standard InChI is InChI=1S/C21H30N2O5/c1-21(2,3)28-20(26)22-16(13-12-15-9-6-5-7-10-15)18(24)23-14-8-11-17(23)19(25)27-4/h5-7,9-10,16-17H,8,11-14H2,1-4H3,(H,22,26)/t16?,17-/m0/s1. The van der Waals surface area contributed by atoms with Crippen molar-refractivity contribution in [1.29, 1.82) is 0 Å². The van der Waals surface area contributed by atoms with Crippen LogP contribution in [0.2, 0.25) is 0 Å². The monoisotopic (exact) mass is 390 g/mol. The second kappa shape index (κ2) is 9.57. The van der Waals surface area contributed by atoms with Gasteiger partial charge in [0.15, 0.2) is 0 Å². The Hall–Kier alpha value is -2.57. The van der Waals surface area contributed by atoms with Gasteiger partial charge >= 0.3 is 12.1 Å². The Labute approximate surface area is 166 Å². The average Bonchev–Trinajstić information content (AvgIpc) is 3.13. The fourth-order valence-electron chi connectivity index (χ4n) is 3.27. The van der Waals surface area contributed by atoms with Gasteiger partial charge in [-0.2, -0.15) is 0 Å². The van der Waals surface area contributed by atoms with E-state index in [-0.39, 0.29) is 5.91 Å². The highest BCUT2D eigenvalue weighted by Gasteiger charge is 2.38. The number of hydrogen-bond acceptors (Lipinski definition) is 5. The third-order valence-corrected chi connectivity index (χ3v) is 4.56. The molecule has 2 amide bonds. The molecule has 0 radical (unpaired) electrons. The summed E-state index contributed by atoms with van der Waals surface area (Å²) in [5, 5.41) is 2.69. The molecule has 1 aliphatic rings. The summed E-state index contributed by atoms with van der Waals surface area (Å²) in [6, 6.07) is 8.36. The number of amides is 2. The highest BCUT2D eigenvalue weighted by atomic mass is 16.6. The van der Waals surface area contributed by atoms with Gasteiger partial charge in [0.25, 0.3) is 0 Å². The summed E-state index contributed by atoms with van der Waals surface area (Å²) < 4.78 is 10.1. The molecule has 154 valence electrons. The number of carbonyl (C=O) groups is 3. The maximum Gasteiger partial charge on any atom is 0.408 e. The molecular weight excluding hydrogens is 360 g/mol. The molecule has 1 saturated heterocycles. The number of carbonyl (C=O) groups excluding carboxylic acids is 3. The largest absolute Gasteiger partial charge is 0.467 e. The van der Waals surface area contributed by atoms with E-state index in [1.807, 2.05) is 30.3 Å². The minimum atomic E-state index is -0.777. The van der Waals surface area contributed by atoms with E-state index >= 15 is 0 Å². The highest BCUT2D eigenvalue weighted by Crippen LogP contribution is 2.21. The smallest absolute Gasteiger partial charge is 0.408 e. The number of benzene rings is 1. The molecule has 1 unspecified atom stereocenters. The Morgan fingerprint density at radius 3 is 2.50 bits per heavy atom. The van der Waals surface area contributed by atoms with E-state index in [1.165, 1.54) is 12.0 Å². The van der Waals surface area contributed by atoms with Gasteiger partial charge in [-0.15, -0.1) is 0 Å². The Kier molecular flexibility index (Phi) is 7.43. The second-order valence-corrected chi connectivity index (χ2v) is 7.94. The van der Waals surface area contributed by atoms with Crippen LogP contribution in [0.15, 0.2) is 30.3 Å². The molecule has 2 atom stereocenters. The fraction of sp³-hybridized carbons (Fsp3) is 0.571. The van der Waals surface area contributed by atoms with Crippen LogP contribution in [-0.2, 0) is 25.5 Å². The maximum absolute atomic E-state index is 13.1. The first-order valence-electron chi connectivity index (χ1n) is 9.63. The van der Waals surface area contributed by atoms with Crippen molar-refractivity contribution in [2.24, 2.45) is 0 Å². The van der Waals surface area contributed by atoms with Crippen LogP contribution < -0.4 is 5.32 Å². The van der Waals surface area contributed by atoms with Crippen molar-refractivity contribution in [3.8, 4) is 0 Å². The number of nitrogens with zero attached hydrogens (tertiary/aromatic N) is 1. The number of hydrogen-bond donors (Lipinski definition) is 1. The van der Waals surface area contributed by atoms with Gasteiger partial charge in [-0.1, -0.05) is 30.3 Å². The molecule has 0 bridgehead atoms. The molecule has 7 heteroatoms. The van der Waals surface area contributed by atoms with Crippen molar-refractivity contribution >= 4 is 18.0 Å². The van der Waals surface area contributed by atoms with E-state index in [9.17, 15) is 14.4 Å². The van der Waals surface area contributed by atoms with E-state index < -0.39 is 29.7 Å². The van der Waals surface area contributed by atoms with Gasteiger partial charge in [0, 0.05) is 6.54 Å². The number of likely N-dealkylation sites (tertiary alicyclic amines) is 1. The van der Waals surface area contributed by atoms with E-state index in [0.29, 0.717) is 25.8 Å². The summed E-state index contributed by atoms with van der Waals surface area (Å²) in [5.41, 5.74) is 0.400. The molecule has 0 spiro atoms. The third-order valence-electron chi connectivity index (χ3n) is 4.56. The van der Waals surface area contributed by atoms with Crippen molar-refractivity contribution in [3.05, 3.63) is 35.9 Å². The zero-order valence-corrected chi connectivity index (χ0v) is 17.1. The highest BCUT2D eigenvalue weighted by molar-refractivity contribution is 5.90. The first-order valence-corrected chi connectivity index (χ1v) is 9.63. The molecular formula is C21H30N2O5. The van der Waals surface area contributed by atoms with Gasteiger partial charge in [0.05, 0.1) is 7.11 Å². The van der Waals surface area contributed by atoms with E-state index in [4.69, 9.17) is 9.47 Å². The van der Waals surface area contributed by atoms with Gasteiger partial charge in [-0.05, 0) is 52.0 Å². The lowest BCUT2D eigenvalue weighted by atomic mass is 10.0. The zero-order chi connectivity index (χ0) is 20.7. The normalized spacial score (nSPS) is 17.7. The minimum absolute atomic E-state index is 0.283. The topological polar surface area (TPSA) is 84.9 Å². The molecule has 0 aliphatic carbocycles. The Morgan fingerprint density at radius 2 is 1.89 bits per heavy atom. The van der Waals surface area contributed by atoms with E-state index in [0.717, 1.165) is 12.0 Å². The van der Waals surface area contributed by atoms with Crippen molar-refractivity contribution in [2.75, 3.05) is 13.7 Å². The lowest BCUT2D eigenvalue weighted by Crippen LogP contribution is -2.52. The molecule has 28 heavy (non-hydrogen) atoms. The van der Waals surface area contributed by atoms with Crippen molar-refractivity contribution in [2.45, 2.75) is 64.1 Å². The molecule has 7 nitrogen and oxygen atoms in total. The van der Waals surface area contributed by atoms with E-state index in [1.54, 1.807) is 20.8 Å². The quantitative estimate of drug-likeness (QED) is 0.755. The minimum Gasteiger partial charge on any atom is -0.467 e. The van der Waals surface area contributed by atoms with Crippen LogP contribution in [0.3, 0.4) is 0 Å². The van der Waals surface area contributed by atoms with Crippen LogP contribution in [-0.4, -0.2) is 54.2 Å². The number of methoxy groups -OCH3 is 1. The Morgan fingerprint density at radius 1 is 1.21 bits per heavy atom. The lowest BCUT2D eigenvalue weighted by molar-refractivity contribution is -0.151. The molecule has 1 fully saturated rings. The molecule has 1 heterocycles. The van der Waals surface area contributed by atoms with Gasteiger partial charge in [0.1, 0.15) is 17.7 Å². The first-order chi connectivity index (χ1) is 13.2. The Bertz CT molecular complexity index is 684. The number of ether oxygens (including phenoxy) is 2. The number of esters is 1. The number of aryl methyl sites for hydroxylation is 1. The zero-order valence-electron chi connectivity index (χ0n) is 17.1. The van der Waals surface area contributed by atoms with Gasteiger partial charge < -0.3 is 19.7 Å². The van der Waals surface area contributed by atoms with Crippen LogP contribution in [0, 0.1) is 0 Å². The molecule has 1 N–H and O–H groups in total. The number of alkyl carbamates (subject to hydrolysis) is 1. The van der Waals surface area contributed by atoms with Crippen molar-refractivity contribution < 1.29 is 23.9 Å².